The summed E-state index contributed by atoms with van der Waals surface area (Å²) in [6, 6.07) is 3.70. The standard InChI is InChI=1S/C12H14N4O3/c1-6-10(13)11(16(2)15-6)14-12(19)8-5-7(17)3-4-9(8)18/h3-5,17-18H,13H2,1-2H3,(H,14,19). The highest BCUT2D eigenvalue weighted by Crippen LogP contribution is 2.25. The maximum Gasteiger partial charge on any atom is 0.260 e. The predicted octanol–water partition coefficient (Wildman–Crippen LogP) is 0.974. The van der Waals surface area contributed by atoms with Crippen molar-refractivity contribution in [3.63, 3.8) is 0 Å². The van der Waals surface area contributed by atoms with E-state index >= 15 is 0 Å². The molecule has 1 aromatic carbocycles. The van der Waals surface area contributed by atoms with Crippen LogP contribution < -0.4 is 11.1 Å². The third-order valence-electron chi connectivity index (χ3n) is 2.73. The summed E-state index contributed by atoms with van der Waals surface area (Å²) in [6.07, 6.45) is 0. The van der Waals surface area contributed by atoms with Crippen LogP contribution in [0.3, 0.4) is 0 Å². The average Bonchev–Trinajstić information content (AvgIpc) is 2.59. The van der Waals surface area contributed by atoms with Gasteiger partial charge in [0.25, 0.3) is 5.91 Å². The number of nitrogen functional groups attached to an aromatic ring is 1. The minimum Gasteiger partial charge on any atom is -0.508 e. The number of nitrogens with one attached hydrogen (secondary N) is 1. The number of carbonyl (C=O) groups excluding carboxylic acids is 1. The number of aromatic hydroxyl groups is 2. The Balaban J connectivity index is 2.33. The molecular formula is C12H14N4O3. The summed E-state index contributed by atoms with van der Waals surface area (Å²) in [5, 5.41) is 25.5. The second-order valence-corrected chi connectivity index (χ2v) is 4.13. The van der Waals surface area contributed by atoms with Gasteiger partial charge in [-0.2, -0.15) is 5.10 Å². The van der Waals surface area contributed by atoms with E-state index in [2.05, 4.69) is 10.4 Å². The van der Waals surface area contributed by atoms with Gasteiger partial charge in [0.15, 0.2) is 5.82 Å². The molecule has 0 spiro atoms. The van der Waals surface area contributed by atoms with Crippen molar-refractivity contribution in [3.8, 4) is 11.5 Å². The molecule has 0 radical (unpaired) electrons. The first kappa shape index (κ1) is 12.7. The van der Waals surface area contributed by atoms with Crippen LogP contribution in [0, 0.1) is 6.92 Å². The summed E-state index contributed by atoms with van der Waals surface area (Å²) in [5.74, 6) is -0.585. The van der Waals surface area contributed by atoms with Gasteiger partial charge in [0.05, 0.1) is 16.9 Å². The Morgan fingerprint density at radius 2 is 2.11 bits per heavy atom. The van der Waals surface area contributed by atoms with Crippen LogP contribution in [-0.4, -0.2) is 25.9 Å². The minimum atomic E-state index is -0.580. The molecule has 0 aliphatic heterocycles. The predicted molar refractivity (Wildman–Crippen MR) is 70.1 cm³/mol. The van der Waals surface area contributed by atoms with E-state index in [0.29, 0.717) is 17.2 Å². The Kier molecular flexibility index (Phi) is 3.04. The zero-order valence-electron chi connectivity index (χ0n) is 10.5. The van der Waals surface area contributed by atoms with Crippen molar-refractivity contribution in [1.29, 1.82) is 0 Å². The molecule has 1 amide bonds. The number of hydrogen-bond acceptors (Lipinski definition) is 5. The number of phenols is 2. The molecule has 0 fully saturated rings. The van der Waals surface area contributed by atoms with Crippen molar-refractivity contribution in [1.82, 2.24) is 9.78 Å². The molecular weight excluding hydrogens is 248 g/mol. The van der Waals surface area contributed by atoms with Crippen LogP contribution in [0.25, 0.3) is 0 Å². The highest BCUT2D eigenvalue weighted by Gasteiger charge is 2.17. The van der Waals surface area contributed by atoms with E-state index in [1.807, 2.05) is 0 Å². The number of hydrogen-bond donors (Lipinski definition) is 4. The Labute approximate surface area is 109 Å². The maximum absolute atomic E-state index is 12.0. The summed E-state index contributed by atoms with van der Waals surface area (Å²) in [5.41, 5.74) is 6.70. The fourth-order valence-electron chi connectivity index (χ4n) is 1.70. The number of anilines is 2. The summed E-state index contributed by atoms with van der Waals surface area (Å²) < 4.78 is 1.43. The molecule has 100 valence electrons. The van der Waals surface area contributed by atoms with E-state index in [1.165, 1.54) is 22.9 Å². The van der Waals surface area contributed by atoms with Gasteiger partial charge in [-0.1, -0.05) is 0 Å². The van der Waals surface area contributed by atoms with Gasteiger partial charge in [0, 0.05) is 7.05 Å². The number of benzene rings is 1. The van der Waals surface area contributed by atoms with E-state index in [-0.39, 0.29) is 17.1 Å². The number of nitrogens with zero attached hydrogens (tertiary/aromatic N) is 2. The maximum atomic E-state index is 12.0. The highest BCUT2D eigenvalue weighted by atomic mass is 16.3. The molecule has 1 aromatic heterocycles. The summed E-state index contributed by atoms with van der Waals surface area (Å²) in [4.78, 5) is 12.0. The molecule has 0 saturated carbocycles. The number of phenolic OH excluding ortho intramolecular Hbond substituents is 2. The van der Waals surface area contributed by atoms with Crippen molar-refractivity contribution in [2.45, 2.75) is 6.92 Å². The molecule has 0 aliphatic rings. The zero-order valence-corrected chi connectivity index (χ0v) is 10.5. The zero-order chi connectivity index (χ0) is 14.2. The second-order valence-electron chi connectivity index (χ2n) is 4.13. The lowest BCUT2D eigenvalue weighted by atomic mass is 10.1. The number of nitrogens with two attached hydrogens (primary N) is 1. The van der Waals surface area contributed by atoms with Gasteiger partial charge in [0.2, 0.25) is 0 Å². The molecule has 0 bridgehead atoms. The molecule has 0 saturated heterocycles. The summed E-state index contributed by atoms with van der Waals surface area (Å²) in [7, 11) is 1.64. The van der Waals surface area contributed by atoms with Crippen LogP contribution in [0.1, 0.15) is 16.1 Å². The van der Waals surface area contributed by atoms with Crippen molar-refractivity contribution >= 4 is 17.4 Å². The van der Waals surface area contributed by atoms with Gasteiger partial charge in [-0.15, -0.1) is 0 Å². The SMILES string of the molecule is Cc1nn(C)c(NC(=O)c2cc(O)ccc2O)c1N. The monoisotopic (exact) mass is 262 g/mol. The van der Waals surface area contributed by atoms with Crippen LogP contribution in [0.5, 0.6) is 11.5 Å². The van der Waals surface area contributed by atoms with Crippen molar-refractivity contribution in [2.24, 2.45) is 7.05 Å². The number of aryl methyl sites for hydroxylation is 2. The number of amides is 1. The number of rotatable bonds is 2. The van der Waals surface area contributed by atoms with Gasteiger partial charge in [0.1, 0.15) is 11.5 Å². The molecule has 2 rings (SSSR count). The van der Waals surface area contributed by atoms with Crippen LogP contribution in [0.2, 0.25) is 0 Å². The second kappa shape index (κ2) is 4.52. The minimum absolute atomic E-state index is 0.0433. The van der Waals surface area contributed by atoms with E-state index in [4.69, 9.17) is 5.73 Å². The molecule has 0 aliphatic carbocycles. The van der Waals surface area contributed by atoms with Crippen LogP contribution in [-0.2, 0) is 7.05 Å². The Morgan fingerprint density at radius 1 is 1.42 bits per heavy atom. The van der Waals surface area contributed by atoms with Gasteiger partial charge in [-0.3, -0.25) is 9.48 Å². The van der Waals surface area contributed by atoms with E-state index in [1.54, 1.807) is 14.0 Å². The lowest BCUT2D eigenvalue weighted by Crippen LogP contribution is -2.15. The molecule has 7 nitrogen and oxygen atoms in total. The van der Waals surface area contributed by atoms with E-state index < -0.39 is 5.91 Å². The van der Waals surface area contributed by atoms with Crippen molar-refractivity contribution < 1.29 is 15.0 Å². The first-order valence-corrected chi connectivity index (χ1v) is 5.52. The number of carbonyl (C=O) groups is 1. The van der Waals surface area contributed by atoms with Gasteiger partial charge < -0.3 is 21.3 Å². The van der Waals surface area contributed by atoms with E-state index in [9.17, 15) is 15.0 Å². The largest absolute Gasteiger partial charge is 0.508 e. The molecule has 0 atom stereocenters. The average molecular weight is 262 g/mol. The Hall–Kier alpha value is -2.70. The normalized spacial score (nSPS) is 10.4. The van der Waals surface area contributed by atoms with Gasteiger partial charge in [-0.25, -0.2) is 0 Å². The fraction of sp³-hybridized carbons (Fsp3) is 0.167. The number of aromatic nitrogens is 2. The molecule has 5 N–H and O–H groups in total. The van der Waals surface area contributed by atoms with Crippen molar-refractivity contribution in [3.05, 3.63) is 29.5 Å². The first-order valence-electron chi connectivity index (χ1n) is 5.52. The third-order valence-corrected chi connectivity index (χ3v) is 2.73. The van der Waals surface area contributed by atoms with Gasteiger partial charge in [-0.05, 0) is 25.1 Å². The molecule has 2 aromatic rings. The van der Waals surface area contributed by atoms with Crippen LogP contribution in [0.4, 0.5) is 11.5 Å². The topological polar surface area (TPSA) is 113 Å². The molecule has 19 heavy (non-hydrogen) atoms. The highest BCUT2D eigenvalue weighted by molar-refractivity contribution is 6.07. The lowest BCUT2D eigenvalue weighted by molar-refractivity contribution is 0.102. The first-order chi connectivity index (χ1) is 8.90. The summed E-state index contributed by atoms with van der Waals surface area (Å²) in [6.45, 7) is 1.72. The molecule has 7 heteroatoms. The lowest BCUT2D eigenvalue weighted by Gasteiger charge is -2.08. The van der Waals surface area contributed by atoms with Crippen LogP contribution >= 0.6 is 0 Å². The summed E-state index contributed by atoms with van der Waals surface area (Å²) >= 11 is 0. The smallest absolute Gasteiger partial charge is 0.260 e. The molecule has 0 unspecified atom stereocenters. The van der Waals surface area contributed by atoms with Crippen LogP contribution in [0.15, 0.2) is 18.2 Å². The molecule has 1 heterocycles. The van der Waals surface area contributed by atoms with E-state index in [0.717, 1.165) is 0 Å². The third kappa shape index (κ3) is 2.30. The Bertz CT molecular complexity index is 649. The van der Waals surface area contributed by atoms with Crippen molar-refractivity contribution in [2.75, 3.05) is 11.1 Å². The Morgan fingerprint density at radius 3 is 2.68 bits per heavy atom. The quantitative estimate of drug-likeness (QED) is 0.602. The van der Waals surface area contributed by atoms with Gasteiger partial charge >= 0.3 is 0 Å². The fourth-order valence-corrected chi connectivity index (χ4v) is 1.70.